The van der Waals surface area contributed by atoms with Crippen molar-refractivity contribution < 1.29 is 28.4 Å². The zero-order valence-corrected chi connectivity index (χ0v) is 19.0. The van der Waals surface area contributed by atoms with Crippen molar-refractivity contribution in [3.63, 3.8) is 0 Å². The lowest BCUT2D eigenvalue weighted by Crippen LogP contribution is -2.70. The Bertz CT molecular complexity index is 871. The van der Waals surface area contributed by atoms with Gasteiger partial charge < -0.3 is 14.8 Å². The number of halogens is 1. The van der Waals surface area contributed by atoms with Crippen LogP contribution in [0.3, 0.4) is 0 Å². The minimum absolute atomic E-state index is 0.111. The molecule has 32 heavy (non-hydrogen) atoms. The van der Waals surface area contributed by atoms with Gasteiger partial charge in [0.1, 0.15) is 5.82 Å². The van der Waals surface area contributed by atoms with E-state index in [1.54, 1.807) is 6.07 Å². The quantitative estimate of drug-likeness (QED) is 0.689. The summed E-state index contributed by atoms with van der Waals surface area (Å²) in [5.41, 5.74) is -0.154. The summed E-state index contributed by atoms with van der Waals surface area (Å²) in [5.74, 6) is -0.0210. The third-order valence-corrected chi connectivity index (χ3v) is 8.28. The summed E-state index contributed by atoms with van der Waals surface area (Å²) < 4.78 is 26.6. The van der Waals surface area contributed by atoms with Gasteiger partial charge in [0.2, 0.25) is 11.7 Å². The predicted molar refractivity (Wildman–Crippen MR) is 112 cm³/mol. The van der Waals surface area contributed by atoms with Crippen LogP contribution in [0.5, 0.6) is 0 Å². The molecule has 1 unspecified atom stereocenters. The number of pyridine rings is 1. The fourth-order valence-corrected chi connectivity index (χ4v) is 6.41. The highest BCUT2D eigenvalue weighted by Gasteiger charge is 2.69. The second-order valence-corrected chi connectivity index (χ2v) is 10.2. The molecule has 0 aromatic carbocycles. The number of hydrogen-bond acceptors (Lipinski definition) is 6. The average molecular weight is 449 g/mol. The molecule has 8 heteroatoms. The molecular formula is C24H33FN2O5. The van der Waals surface area contributed by atoms with Crippen LogP contribution >= 0.6 is 0 Å². The zero-order chi connectivity index (χ0) is 22.5. The van der Waals surface area contributed by atoms with E-state index in [1.807, 2.05) is 6.92 Å². The minimum atomic E-state index is -0.797. The third-order valence-electron chi connectivity index (χ3n) is 8.28. The number of aromatic nitrogens is 1. The first-order valence-corrected chi connectivity index (χ1v) is 11.9. The Hall–Kier alpha value is -1.61. The second kappa shape index (κ2) is 8.31. The molecule has 6 rings (SSSR count). The van der Waals surface area contributed by atoms with Gasteiger partial charge in [-0.1, -0.05) is 13.8 Å². The van der Waals surface area contributed by atoms with Gasteiger partial charge in [0.05, 0.1) is 12.3 Å². The Labute approximate surface area is 188 Å². The topological polar surface area (TPSA) is 78.9 Å². The van der Waals surface area contributed by atoms with E-state index >= 15 is 0 Å². The van der Waals surface area contributed by atoms with Gasteiger partial charge in [-0.3, -0.25) is 9.78 Å². The summed E-state index contributed by atoms with van der Waals surface area (Å²) in [6.07, 6.45) is 6.92. The number of amides is 1. The SMILES string of the molecule is C[C@H]1[C@@H](CCC(=O)NCc2ccncc2F)O[C@@H]2OC3(C)CC[C@H]4[C@H](C)CC[C@@H]1[C@@]24OO3. The Morgan fingerprint density at radius 3 is 2.91 bits per heavy atom. The number of carbonyl (C=O) groups is 1. The van der Waals surface area contributed by atoms with E-state index in [1.165, 1.54) is 6.20 Å². The van der Waals surface area contributed by atoms with Crippen LogP contribution in [0.2, 0.25) is 0 Å². The lowest BCUT2D eigenvalue weighted by Gasteiger charge is -2.60. The number of ether oxygens (including phenoxy) is 2. The first-order valence-electron chi connectivity index (χ1n) is 11.9. The Kier molecular flexibility index (Phi) is 5.76. The van der Waals surface area contributed by atoms with Crippen LogP contribution in [-0.2, 0) is 30.6 Å². The molecule has 1 N–H and O–H groups in total. The van der Waals surface area contributed by atoms with E-state index in [9.17, 15) is 9.18 Å². The number of hydrogen-bond donors (Lipinski definition) is 1. The molecule has 2 bridgehead atoms. The van der Waals surface area contributed by atoms with Gasteiger partial charge in [0.25, 0.3) is 0 Å². The van der Waals surface area contributed by atoms with Crippen LogP contribution in [0.15, 0.2) is 18.5 Å². The molecule has 5 fully saturated rings. The van der Waals surface area contributed by atoms with E-state index in [4.69, 9.17) is 19.2 Å². The van der Waals surface area contributed by atoms with Crippen LogP contribution < -0.4 is 5.32 Å². The highest BCUT2D eigenvalue weighted by atomic mass is 19.1. The number of rotatable bonds is 5. The summed E-state index contributed by atoms with van der Waals surface area (Å²) in [4.78, 5) is 28.2. The van der Waals surface area contributed by atoms with E-state index in [0.717, 1.165) is 31.9 Å². The highest BCUT2D eigenvalue weighted by Crippen LogP contribution is 2.60. The maximum atomic E-state index is 13.7. The molecule has 1 aromatic heterocycles. The zero-order valence-electron chi connectivity index (χ0n) is 19.0. The smallest absolute Gasteiger partial charge is 0.220 e. The van der Waals surface area contributed by atoms with Crippen molar-refractivity contribution in [3.05, 3.63) is 29.8 Å². The molecule has 1 spiro atoms. The van der Waals surface area contributed by atoms with Crippen LogP contribution in [0.1, 0.15) is 64.9 Å². The van der Waals surface area contributed by atoms with Crippen molar-refractivity contribution in [1.82, 2.24) is 10.3 Å². The lowest BCUT2D eigenvalue weighted by molar-refractivity contribution is -0.571. The number of fused-ring (bicyclic) bond motifs is 2. The van der Waals surface area contributed by atoms with E-state index < -0.39 is 23.5 Å². The number of nitrogens with one attached hydrogen (secondary N) is 1. The largest absolute Gasteiger partial charge is 0.352 e. The van der Waals surface area contributed by atoms with Crippen molar-refractivity contribution in [2.45, 2.75) is 89.6 Å². The van der Waals surface area contributed by atoms with Crippen LogP contribution in [-0.4, -0.2) is 34.7 Å². The molecule has 1 aliphatic carbocycles. The Balaban J connectivity index is 1.26. The van der Waals surface area contributed by atoms with Crippen molar-refractivity contribution >= 4 is 5.91 Å². The van der Waals surface area contributed by atoms with Gasteiger partial charge in [-0.05, 0) is 56.4 Å². The fraction of sp³-hybridized carbons (Fsp3) is 0.750. The molecule has 4 aliphatic heterocycles. The maximum Gasteiger partial charge on any atom is 0.220 e. The molecule has 1 amide bonds. The third kappa shape index (κ3) is 3.65. The number of carbonyl (C=O) groups excluding carboxylic acids is 1. The lowest BCUT2D eigenvalue weighted by atomic mass is 9.57. The minimum Gasteiger partial charge on any atom is -0.352 e. The molecule has 4 saturated heterocycles. The number of nitrogens with zero attached hydrogens (tertiary/aromatic N) is 1. The van der Waals surface area contributed by atoms with Gasteiger partial charge >= 0.3 is 0 Å². The highest BCUT2D eigenvalue weighted by molar-refractivity contribution is 5.75. The monoisotopic (exact) mass is 448 g/mol. The molecule has 1 saturated carbocycles. The molecule has 176 valence electrons. The standard InChI is InChI=1S/C24H33FN2O5/c1-14-4-5-18-15(2)20(6-7-21(28)27-12-16-9-11-26-13-19(16)25)29-22-24(18)17(14)8-10-23(3,30-22)31-32-24/h9,11,13-15,17-18,20,22H,4-8,10,12H2,1-3H3,(H,27,28)/t14-,15-,17+,18+,20-,22-,23?,24-/m1/s1. The van der Waals surface area contributed by atoms with Gasteiger partial charge in [0.15, 0.2) is 11.9 Å². The Morgan fingerprint density at radius 1 is 1.25 bits per heavy atom. The molecule has 0 radical (unpaired) electrons. The van der Waals surface area contributed by atoms with E-state index in [-0.39, 0.29) is 30.4 Å². The van der Waals surface area contributed by atoms with Crippen molar-refractivity contribution in [2.24, 2.45) is 23.7 Å². The van der Waals surface area contributed by atoms with Crippen molar-refractivity contribution in [3.8, 4) is 0 Å². The first kappa shape index (κ1) is 22.2. The molecule has 5 heterocycles. The maximum absolute atomic E-state index is 13.7. The Morgan fingerprint density at radius 2 is 2.09 bits per heavy atom. The summed E-state index contributed by atoms with van der Waals surface area (Å²) in [6.45, 7) is 6.55. The van der Waals surface area contributed by atoms with Gasteiger partial charge in [0, 0.05) is 37.1 Å². The average Bonchev–Trinajstić information content (AvgIpc) is 3.00. The van der Waals surface area contributed by atoms with Gasteiger partial charge in [-0.15, -0.1) is 0 Å². The summed E-state index contributed by atoms with van der Waals surface area (Å²) in [6, 6.07) is 1.57. The molecule has 5 aliphatic rings. The molecular weight excluding hydrogens is 415 g/mol. The normalized spacial score (nSPS) is 42.8. The van der Waals surface area contributed by atoms with Crippen LogP contribution in [0, 0.1) is 29.5 Å². The molecule has 8 atom stereocenters. The van der Waals surface area contributed by atoms with Crippen LogP contribution in [0.25, 0.3) is 0 Å². The van der Waals surface area contributed by atoms with Crippen molar-refractivity contribution in [1.29, 1.82) is 0 Å². The van der Waals surface area contributed by atoms with Crippen LogP contribution in [0.4, 0.5) is 4.39 Å². The predicted octanol–water partition coefficient (Wildman–Crippen LogP) is 3.87. The molecule has 7 nitrogen and oxygen atoms in total. The summed E-state index contributed by atoms with van der Waals surface area (Å²) in [7, 11) is 0. The summed E-state index contributed by atoms with van der Waals surface area (Å²) in [5, 5.41) is 2.80. The van der Waals surface area contributed by atoms with E-state index in [0.29, 0.717) is 30.2 Å². The summed E-state index contributed by atoms with van der Waals surface area (Å²) >= 11 is 0. The fourth-order valence-electron chi connectivity index (χ4n) is 6.41. The van der Waals surface area contributed by atoms with Gasteiger partial charge in [-0.2, -0.15) is 0 Å². The van der Waals surface area contributed by atoms with E-state index in [2.05, 4.69) is 24.1 Å². The van der Waals surface area contributed by atoms with Crippen molar-refractivity contribution in [2.75, 3.05) is 0 Å². The first-order chi connectivity index (χ1) is 15.3. The van der Waals surface area contributed by atoms with Gasteiger partial charge in [-0.25, -0.2) is 14.2 Å². The second-order valence-electron chi connectivity index (χ2n) is 10.2. The molecule has 1 aromatic rings.